The zero-order chi connectivity index (χ0) is 10.6. The average molecular weight is 188 g/mol. The number of hydrogen-bond donors (Lipinski definition) is 0. The summed E-state index contributed by atoms with van der Waals surface area (Å²) in [5.41, 5.74) is 4.16. The molecule has 0 saturated heterocycles. The minimum absolute atomic E-state index is 0.615. The Balaban J connectivity index is 3.06. The van der Waals surface area contributed by atoms with Crippen molar-refractivity contribution >= 4 is 6.08 Å². The van der Waals surface area contributed by atoms with Crippen LogP contribution in [0.1, 0.15) is 49.8 Å². The van der Waals surface area contributed by atoms with E-state index in [1.807, 2.05) is 6.08 Å². The van der Waals surface area contributed by atoms with Crippen LogP contribution in [-0.2, 0) is 6.42 Å². The second-order valence-electron chi connectivity index (χ2n) is 4.07. The Morgan fingerprint density at radius 1 is 1.36 bits per heavy atom. The zero-order valence-corrected chi connectivity index (χ0v) is 9.51. The highest BCUT2D eigenvalue weighted by Crippen LogP contribution is 2.20. The van der Waals surface area contributed by atoms with E-state index >= 15 is 0 Å². The van der Waals surface area contributed by atoms with Crippen LogP contribution in [0, 0.1) is 0 Å². The summed E-state index contributed by atoms with van der Waals surface area (Å²) in [6.07, 6.45) is 4.30. The lowest BCUT2D eigenvalue weighted by Gasteiger charge is -2.10. The maximum absolute atomic E-state index is 3.85. The summed E-state index contributed by atoms with van der Waals surface area (Å²) in [5.74, 6) is 0.615. The van der Waals surface area contributed by atoms with Crippen LogP contribution < -0.4 is 0 Å². The van der Waals surface area contributed by atoms with E-state index in [4.69, 9.17) is 0 Å². The summed E-state index contributed by atoms with van der Waals surface area (Å²) in [7, 11) is 0. The monoisotopic (exact) mass is 188 g/mol. The summed E-state index contributed by atoms with van der Waals surface area (Å²) < 4.78 is 0. The van der Waals surface area contributed by atoms with Gasteiger partial charge in [-0.2, -0.15) is 0 Å². The number of rotatable bonds is 4. The predicted molar refractivity (Wildman–Crippen MR) is 64.6 cm³/mol. The first-order valence-electron chi connectivity index (χ1n) is 5.44. The molecule has 0 aliphatic carbocycles. The van der Waals surface area contributed by atoms with Crippen LogP contribution in [0.4, 0.5) is 0 Å². The molecule has 1 aromatic rings. The Labute approximate surface area is 87.7 Å². The van der Waals surface area contributed by atoms with Gasteiger partial charge in [-0.25, -0.2) is 0 Å². The molecule has 0 aliphatic heterocycles. The van der Waals surface area contributed by atoms with Gasteiger partial charge in [-0.3, -0.25) is 0 Å². The van der Waals surface area contributed by atoms with Gasteiger partial charge in [0.15, 0.2) is 0 Å². The number of hydrogen-bond acceptors (Lipinski definition) is 0. The lowest BCUT2D eigenvalue weighted by atomic mass is 9.95. The van der Waals surface area contributed by atoms with E-state index < -0.39 is 0 Å². The third kappa shape index (κ3) is 2.47. The Hall–Kier alpha value is -1.04. The molecular formula is C14H20. The first-order chi connectivity index (χ1) is 6.69. The second-order valence-corrected chi connectivity index (χ2v) is 4.07. The van der Waals surface area contributed by atoms with Gasteiger partial charge in [0.25, 0.3) is 0 Å². The number of aryl methyl sites for hydroxylation is 1. The third-order valence-corrected chi connectivity index (χ3v) is 2.57. The molecule has 0 saturated carbocycles. The van der Waals surface area contributed by atoms with E-state index in [-0.39, 0.29) is 0 Å². The lowest BCUT2D eigenvalue weighted by Crippen LogP contribution is -1.93. The van der Waals surface area contributed by atoms with Gasteiger partial charge in [-0.1, -0.05) is 58.0 Å². The van der Waals surface area contributed by atoms with Gasteiger partial charge in [0.1, 0.15) is 0 Å². The van der Waals surface area contributed by atoms with Crippen molar-refractivity contribution in [1.29, 1.82) is 0 Å². The maximum Gasteiger partial charge on any atom is -0.0219 e. The molecule has 0 heterocycles. The normalized spacial score (nSPS) is 10.6. The van der Waals surface area contributed by atoms with Crippen molar-refractivity contribution in [3.05, 3.63) is 41.5 Å². The lowest BCUT2D eigenvalue weighted by molar-refractivity contribution is 0.853. The van der Waals surface area contributed by atoms with Crippen molar-refractivity contribution in [2.24, 2.45) is 0 Å². The highest BCUT2D eigenvalue weighted by atomic mass is 14.1. The van der Waals surface area contributed by atoms with E-state index in [0.29, 0.717) is 5.92 Å². The Bertz CT molecular complexity index is 308. The predicted octanol–water partition coefficient (Wildman–Crippen LogP) is 4.41. The van der Waals surface area contributed by atoms with E-state index in [1.165, 1.54) is 23.1 Å². The summed E-state index contributed by atoms with van der Waals surface area (Å²) in [5, 5.41) is 0. The number of benzene rings is 1. The van der Waals surface area contributed by atoms with Crippen LogP contribution >= 0.6 is 0 Å². The minimum atomic E-state index is 0.615. The molecule has 0 fully saturated rings. The average Bonchev–Trinajstić information content (AvgIpc) is 2.18. The largest absolute Gasteiger partial charge is 0.0985 e. The Kier molecular flexibility index (Phi) is 3.94. The van der Waals surface area contributed by atoms with Gasteiger partial charge >= 0.3 is 0 Å². The fraction of sp³-hybridized carbons (Fsp3) is 0.429. The van der Waals surface area contributed by atoms with Crippen molar-refractivity contribution in [1.82, 2.24) is 0 Å². The van der Waals surface area contributed by atoms with E-state index in [2.05, 4.69) is 45.5 Å². The quantitative estimate of drug-likeness (QED) is 0.656. The molecule has 0 radical (unpaired) electrons. The first kappa shape index (κ1) is 11.0. The van der Waals surface area contributed by atoms with Crippen molar-refractivity contribution in [2.45, 2.75) is 39.5 Å². The fourth-order valence-corrected chi connectivity index (χ4v) is 1.67. The molecule has 0 aliphatic rings. The summed E-state index contributed by atoms with van der Waals surface area (Å²) in [6.45, 7) is 10.5. The molecule has 76 valence electrons. The first-order valence-corrected chi connectivity index (χ1v) is 5.44. The topological polar surface area (TPSA) is 0 Å². The fourth-order valence-electron chi connectivity index (χ4n) is 1.67. The van der Waals surface area contributed by atoms with Crippen molar-refractivity contribution in [3.8, 4) is 0 Å². The molecule has 0 unspecified atom stereocenters. The van der Waals surface area contributed by atoms with E-state index in [1.54, 1.807) is 0 Å². The summed E-state index contributed by atoms with van der Waals surface area (Å²) in [4.78, 5) is 0. The Morgan fingerprint density at radius 3 is 2.57 bits per heavy atom. The Morgan fingerprint density at radius 2 is 2.07 bits per heavy atom. The van der Waals surface area contributed by atoms with Gasteiger partial charge in [-0.05, 0) is 29.0 Å². The van der Waals surface area contributed by atoms with Gasteiger partial charge in [0.05, 0.1) is 0 Å². The van der Waals surface area contributed by atoms with Gasteiger partial charge in [0, 0.05) is 0 Å². The van der Waals surface area contributed by atoms with Gasteiger partial charge < -0.3 is 0 Å². The van der Waals surface area contributed by atoms with Crippen LogP contribution in [0.15, 0.2) is 24.8 Å². The zero-order valence-electron chi connectivity index (χ0n) is 9.51. The molecule has 0 aromatic heterocycles. The maximum atomic E-state index is 3.85. The molecule has 0 spiro atoms. The van der Waals surface area contributed by atoms with Crippen LogP contribution in [-0.4, -0.2) is 0 Å². The van der Waals surface area contributed by atoms with Crippen molar-refractivity contribution in [2.75, 3.05) is 0 Å². The smallest absolute Gasteiger partial charge is 0.0219 e. The van der Waals surface area contributed by atoms with Crippen LogP contribution in [0.3, 0.4) is 0 Å². The molecule has 0 atom stereocenters. The third-order valence-electron chi connectivity index (χ3n) is 2.57. The molecule has 0 nitrogen and oxygen atoms in total. The molecule has 0 amide bonds. The highest BCUT2D eigenvalue weighted by Gasteiger charge is 2.03. The summed E-state index contributed by atoms with van der Waals surface area (Å²) in [6, 6.07) is 6.72. The van der Waals surface area contributed by atoms with Gasteiger partial charge in [-0.15, -0.1) is 0 Å². The van der Waals surface area contributed by atoms with Crippen LogP contribution in [0.25, 0.3) is 6.08 Å². The van der Waals surface area contributed by atoms with Gasteiger partial charge in [0.2, 0.25) is 0 Å². The van der Waals surface area contributed by atoms with Crippen molar-refractivity contribution < 1.29 is 0 Å². The standard InChI is InChI=1S/C14H20/c1-5-7-14-10-13(11(3)4)9-8-12(14)6-2/h6,8-11H,2,5,7H2,1,3-4H3. The van der Waals surface area contributed by atoms with E-state index in [9.17, 15) is 0 Å². The minimum Gasteiger partial charge on any atom is -0.0985 e. The SMILES string of the molecule is C=Cc1ccc(C(C)C)cc1CCC. The molecule has 1 aromatic carbocycles. The van der Waals surface area contributed by atoms with Crippen LogP contribution in [0.5, 0.6) is 0 Å². The molecule has 14 heavy (non-hydrogen) atoms. The summed E-state index contributed by atoms with van der Waals surface area (Å²) >= 11 is 0. The van der Waals surface area contributed by atoms with E-state index in [0.717, 1.165) is 6.42 Å². The molecular weight excluding hydrogens is 168 g/mol. The molecule has 1 rings (SSSR count). The highest BCUT2D eigenvalue weighted by molar-refractivity contribution is 5.53. The van der Waals surface area contributed by atoms with Crippen molar-refractivity contribution in [3.63, 3.8) is 0 Å². The molecule has 0 bridgehead atoms. The van der Waals surface area contributed by atoms with Crippen LogP contribution in [0.2, 0.25) is 0 Å². The molecule has 0 N–H and O–H groups in total. The molecule has 0 heteroatoms. The second kappa shape index (κ2) is 4.99.